The smallest absolute Gasteiger partial charge is 0.240 e. The number of unbranched alkanes of at least 4 members (excludes halogenated alkanes) is 2. The summed E-state index contributed by atoms with van der Waals surface area (Å²) in [5, 5.41) is 26.4. The molecular formula is C43H68N4O5. The number of nitrogens with one attached hydrogen (secondary N) is 1. The van der Waals surface area contributed by atoms with Gasteiger partial charge < -0.3 is 30.1 Å². The van der Waals surface area contributed by atoms with E-state index in [-0.39, 0.29) is 25.1 Å². The first-order chi connectivity index (χ1) is 24.7. The lowest BCUT2D eigenvalue weighted by Crippen LogP contribution is -2.62. The monoisotopic (exact) mass is 721 g/mol. The fourth-order valence-electron chi connectivity index (χ4n) is 9.55. The van der Waals surface area contributed by atoms with E-state index in [0.29, 0.717) is 23.2 Å². The summed E-state index contributed by atoms with van der Waals surface area (Å²) in [7, 11) is 10.2. The lowest BCUT2D eigenvalue weighted by Gasteiger charge is -2.62. The van der Waals surface area contributed by atoms with Crippen LogP contribution >= 0.6 is 0 Å². The number of aliphatic hydroxyl groups is 2. The first-order valence-electron chi connectivity index (χ1n) is 19.9. The highest BCUT2D eigenvalue weighted by Gasteiger charge is 2.57. The lowest BCUT2D eigenvalue weighted by atomic mass is 9.45. The number of ether oxygens (including phenoxy) is 1. The number of nitrogens with zero attached hydrogens (tertiary/aromatic N) is 3. The maximum absolute atomic E-state index is 14.3. The quantitative estimate of drug-likeness (QED) is 0.167. The summed E-state index contributed by atoms with van der Waals surface area (Å²) in [4.78, 5) is 25.1. The van der Waals surface area contributed by atoms with Crippen LogP contribution in [0.3, 0.4) is 0 Å². The Labute approximate surface area is 314 Å². The van der Waals surface area contributed by atoms with Gasteiger partial charge in [-0.1, -0.05) is 57.2 Å². The van der Waals surface area contributed by atoms with Crippen molar-refractivity contribution in [1.82, 2.24) is 20.2 Å². The molecule has 6 rings (SSSR count). The van der Waals surface area contributed by atoms with Crippen molar-refractivity contribution < 1.29 is 24.6 Å². The molecule has 8 atom stereocenters. The third-order valence-electron chi connectivity index (χ3n) is 12.7. The normalized spacial score (nSPS) is 27.5. The van der Waals surface area contributed by atoms with Gasteiger partial charge in [0.2, 0.25) is 5.91 Å². The van der Waals surface area contributed by atoms with Crippen molar-refractivity contribution in [2.24, 2.45) is 29.1 Å². The summed E-state index contributed by atoms with van der Waals surface area (Å²) in [5.74, 6) is 1.59. The van der Waals surface area contributed by atoms with Gasteiger partial charge in [-0.2, -0.15) is 5.06 Å². The van der Waals surface area contributed by atoms with Crippen LogP contribution in [0.1, 0.15) is 82.9 Å². The average Bonchev–Trinajstić information content (AvgIpc) is 3.47. The Morgan fingerprint density at radius 3 is 2.17 bits per heavy atom. The standard InChI is InChI=1S/C43H68N4O5/c1-28-36-24-34(43(36,3)4)25-37(28)44-42(50)40-39(29(2)49)38(27-48)52-47(40)26-32-17-14-18-35(41(32)51-9)33-22-30(15-10-12-19-45(5)6)21-31(23-33)16-11-13-20-46(7)8/h14,17-18,21-23,28-29,34,36-40,48-49H,10-13,15-16,19-20,24-27H2,1-9H3,(H,44,50)/t28-,29-,34+,36-,37-,38-,39-,40-/m0/s1. The Kier molecular flexibility index (Phi) is 13.9. The number of amides is 1. The first-order valence-corrected chi connectivity index (χ1v) is 19.9. The van der Waals surface area contributed by atoms with Crippen molar-refractivity contribution in [2.45, 2.75) is 110 Å². The van der Waals surface area contributed by atoms with Gasteiger partial charge in [0.05, 0.1) is 26.4 Å². The van der Waals surface area contributed by atoms with Crippen molar-refractivity contribution in [3.63, 3.8) is 0 Å². The molecule has 1 amide bonds. The molecule has 3 saturated carbocycles. The third-order valence-corrected chi connectivity index (χ3v) is 12.7. The molecule has 0 radical (unpaired) electrons. The van der Waals surface area contributed by atoms with Crippen LogP contribution in [0.15, 0.2) is 36.4 Å². The molecule has 2 aromatic carbocycles. The Bertz CT molecular complexity index is 1440. The molecule has 2 bridgehead atoms. The van der Waals surface area contributed by atoms with Gasteiger partial charge in [-0.25, -0.2) is 0 Å². The number of aryl methyl sites for hydroxylation is 2. The van der Waals surface area contributed by atoms with Gasteiger partial charge in [-0.15, -0.1) is 0 Å². The number of aliphatic hydroxyl groups excluding tert-OH is 2. The second kappa shape index (κ2) is 17.7. The van der Waals surface area contributed by atoms with E-state index in [0.717, 1.165) is 80.5 Å². The van der Waals surface area contributed by atoms with Gasteiger partial charge in [0.15, 0.2) is 0 Å². The predicted molar refractivity (Wildman–Crippen MR) is 209 cm³/mol. The second-order valence-corrected chi connectivity index (χ2v) is 17.3. The zero-order chi connectivity index (χ0) is 37.7. The van der Waals surface area contributed by atoms with Crippen LogP contribution < -0.4 is 10.1 Å². The van der Waals surface area contributed by atoms with Gasteiger partial charge in [-0.3, -0.25) is 9.63 Å². The maximum atomic E-state index is 14.3. The number of methoxy groups -OCH3 is 1. The second-order valence-electron chi connectivity index (χ2n) is 17.3. The molecule has 9 heteroatoms. The number of carbonyl (C=O) groups excluding carboxylic acids is 1. The van der Waals surface area contributed by atoms with Crippen LogP contribution in [0.5, 0.6) is 5.75 Å². The summed E-state index contributed by atoms with van der Waals surface area (Å²) in [6, 6.07) is 12.5. The molecule has 52 heavy (non-hydrogen) atoms. The fourth-order valence-corrected chi connectivity index (χ4v) is 9.55. The van der Waals surface area contributed by atoms with Crippen LogP contribution in [0.2, 0.25) is 0 Å². The van der Waals surface area contributed by atoms with E-state index in [1.54, 1.807) is 19.1 Å². The van der Waals surface area contributed by atoms with Gasteiger partial charge in [0.1, 0.15) is 17.9 Å². The molecule has 3 N–H and O–H groups in total. The first kappa shape index (κ1) is 40.7. The molecule has 1 aliphatic heterocycles. The van der Waals surface area contributed by atoms with E-state index < -0.39 is 24.2 Å². The number of rotatable bonds is 18. The van der Waals surface area contributed by atoms with E-state index >= 15 is 0 Å². The van der Waals surface area contributed by atoms with E-state index in [1.165, 1.54) is 17.5 Å². The molecule has 3 aliphatic carbocycles. The fraction of sp³-hybridized carbons (Fsp3) is 0.698. The highest BCUT2D eigenvalue weighted by atomic mass is 16.7. The highest BCUT2D eigenvalue weighted by molar-refractivity contribution is 5.83. The number of carbonyl (C=O) groups is 1. The summed E-state index contributed by atoms with van der Waals surface area (Å²) in [5.41, 5.74) is 6.02. The topological polar surface area (TPSA) is 97.7 Å². The lowest BCUT2D eigenvalue weighted by molar-refractivity contribution is -0.183. The largest absolute Gasteiger partial charge is 0.496 e. The molecule has 1 saturated heterocycles. The number of fused-ring (bicyclic) bond motifs is 2. The summed E-state index contributed by atoms with van der Waals surface area (Å²) in [6.45, 7) is 10.8. The summed E-state index contributed by atoms with van der Waals surface area (Å²) >= 11 is 0. The minimum Gasteiger partial charge on any atom is -0.496 e. The third kappa shape index (κ3) is 9.22. The Morgan fingerprint density at radius 1 is 1.02 bits per heavy atom. The molecular weight excluding hydrogens is 652 g/mol. The van der Waals surface area contributed by atoms with Crippen LogP contribution in [0.4, 0.5) is 0 Å². The van der Waals surface area contributed by atoms with E-state index in [9.17, 15) is 15.0 Å². The van der Waals surface area contributed by atoms with Crippen molar-refractivity contribution in [2.75, 3.05) is 55.0 Å². The van der Waals surface area contributed by atoms with Gasteiger partial charge >= 0.3 is 0 Å². The number of hydroxylamine groups is 2. The van der Waals surface area contributed by atoms with Crippen LogP contribution in [-0.4, -0.2) is 110 Å². The SMILES string of the molecule is COc1c(CN2O[C@@H](CO)[C@H]([C@H](C)O)[C@H]2C(=O)N[C@H]2C[C@H]3C[C@@H]([C@@H]2C)C3(C)C)cccc1-c1cc(CCCCN(C)C)cc(CCCCN(C)C)c1. The van der Waals surface area contributed by atoms with Crippen molar-refractivity contribution in [1.29, 1.82) is 0 Å². The van der Waals surface area contributed by atoms with Crippen LogP contribution in [0, 0.1) is 29.1 Å². The molecule has 9 nitrogen and oxygen atoms in total. The number of para-hydroxylation sites is 1. The Morgan fingerprint density at radius 2 is 1.65 bits per heavy atom. The van der Waals surface area contributed by atoms with E-state index in [1.807, 2.05) is 12.1 Å². The molecule has 4 aliphatic rings. The minimum atomic E-state index is -0.848. The van der Waals surface area contributed by atoms with E-state index in [2.05, 4.69) is 88.3 Å². The number of benzene rings is 2. The molecule has 1 heterocycles. The van der Waals surface area contributed by atoms with Gasteiger partial charge in [0, 0.05) is 23.1 Å². The molecule has 0 spiro atoms. The average molecular weight is 721 g/mol. The highest BCUT2D eigenvalue weighted by Crippen LogP contribution is 2.61. The molecule has 0 unspecified atom stereocenters. The predicted octanol–water partition coefficient (Wildman–Crippen LogP) is 5.79. The van der Waals surface area contributed by atoms with Crippen molar-refractivity contribution in [3.8, 4) is 16.9 Å². The zero-order valence-electron chi connectivity index (χ0n) is 33.5. The minimum absolute atomic E-state index is 0.0825. The molecule has 2 aromatic rings. The molecule has 4 fully saturated rings. The van der Waals surface area contributed by atoms with E-state index in [4.69, 9.17) is 9.57 Å². The summed E-state index contributed by atoms with van der Waals surface area (Å²) < 4.78 is 6.17. The summed E-state index contributed by atoms with van der Waals surface area (Å²) in [6.07, 6.45) is 7.26. The van der Waals surface area contributed by atoms with Crippen LogP contribution in [-0.2, 0) is 29.0 Å². The van der Waals surface area contributed by atoms with Gasteiger partial charge in [-0.05, 0) is 139 Å². The molecule has 290 valence electrons. The van der Waals surface area contributed by atoms with Crippen molar-refractivity contribution >= 4 is 5.91 Å². The molecule has 0 aromatic heterocycles. The zero-order valence-corrected chi connectivity index (χ0v) is 33.5. The van der Waals surface area contributed by atoms with Gasteiger partial charge in [0.25, 0.3) is 0 Å². The number of hydrogen-bond acceptors (Lipinski definition) is 8. The Hall–Kier alpha value is -2.53. The van der Waals surface area contributed by atoms with Crippen LogP contribution in [0.25, 0.3) is 11.1 Å². The Balaban J connectivity index is 1.41. The van der Waals surface area contributed by atoms with Crippen molar-refractivity contribution in [3.05, 3.63) is 53.1 Å². The number of hydrogen-bond donors (Lipinski definition) is 3. The maximum Gasteiger partial charge on any atom is 0.240 e.